The van der Waals surface area contributed by atoms with Crippen molar-refractivity contribution in [3.63, 3.8) is 0 Å². The summed E-state index contributed by atoms with van der Waals surface area (Å²) in [5.41, 5.74) is 1.19. The van der Waals surface area contributed by atoms with Gasteiger partial charge >= 0.3 is 6.18 Å². The molecular weight excluding hydrogens is 540 g/mol. The van der Waals surface area contributed by atoms with Gasteiger partial charge in [-0.05, 0) is 23.3 Å². The van der Waals surface area contributed by atoms with E-state index in [-0.39, 0.29) is 30.5 Å². The van der Waals surface area contributed by atoms with Crippen molar-refractivity contribution in [1.82, 2.24) is 15.6 Å². The highest BCUT2D eigenvalue weighted by Crippen LogP contribution is 2.29. The molecule has 166 valence electrons. The fourth-order valence-electron chi connectivity index (χ4n) is 2.57. The lowest BCUT2D eigenvalue weighted by Crippen LogP contribution is -2.36. The van der Waals surface area contributed by atoms with Crippen molar-refractivity contribution >= 4 is 41.3 Å². The monoisotopic (exact) mass is 562 g/mol. The number of thiazole rings is 1. The number of alkyl halides is 3. The molecule has 31 heavy (non-hydrogen) atoms. The van der Waals surface area contributed by atoms with Crippen molar-refractivity contribution in [3.05, 3.63) is 81.8 Å². The minimum atomic E-state index is -4.43. The van der Waals surface area contributed by atoms with Crippen LogP contribution in [0.1, 0.15) is 21.8 Å². The summed E-state index contributed by atoms with van der Waals surface area (Å²) < 4.78 is 43.7. The largest absolute Gasteiger partial charge is 0.489 e. The number of guanidine groups is 1. The quantitative estimate of drug-likeness (QED) is 0.236. The summed E-state index contributed by atoms with van der Waals surface area (Å²) in [6.45, 7) is 1.11. The van der Waals surface area contributed by atoms with E-state index in [4.69, 9.17) is 4.74 Å². The van der Waals surface area contributed by atoms with Gasteiger partial charge in [0.05, 0.1) is 6.54 Å². The molecule has 0 bridgehead atoms. The van der Waals surface area contributed by atoms with Gasteiger partial charge in [0.1, 0.15) is 17.4 Å². The Labute approximate surface area is 199 Å². The topological polar surface area (TPSA) is 58.5 Å². The number of aliphatic imine (C=N–C) groups is 1. The molecule has 0 radical (unpaired) electrons. The van der Waals surface area contributed by atoms with Crippen molar-refractivity contribution in [3.8, 4) is 5.75 Å². The molecule has 0 unspecified atom stereocenters. The van der Waals surface area contributed by atoms with E-state index in [0.29, 0.717) is 24.1 Å². The molecule has 3 rings (SSSR count). The number of rotatable bonds is 7. The van der Waals surface area contributed by atoms with E-state index in [1.165, 1.54) is 0 Å². The molecule has 5 nitrogen and oxygen atoms in total. The summed E-state index contributed by atoms with van der Waals surface area (Å²) in [6.07, 6.45) is -4.43. The fraction of sp³-hybridized carbons (Fsp3) is 0.238. The molecule has 0 fully saturated rings. The van der Waals surface area contributed by atoms with E-state index in [0.717, 1.165) is 33.6 Å². The lowest BCUT2D eigenvalue weighted by Gasteiger charge is -2.12. The highest BCUT2D eigenvalue weighted by atomic mass is 127. The van der Waals surface area contributed by atoms with Crippen LogP contribution in [0.15, 0.2) is 65.0 Å². The molecule has 0 saturated carbocycles. The molecule has 0 atom stereocenters. The van der Waals surface area contributed by atoms with E-state index in [2.05, 4.69) is 20.6 Å². The minimum absolute atomic E-state index is 0. The Bertz CT molecular complexity index is 980. The summed E-state index contributed by atoms with van der Waals surface area (Å²) in [5.74, 6) is 1.22. The maximum Gasteiger partial charge on any atom is 0.434 e. The van der Waals surface area contributed by atoms with Crippen LogP contribution < -0.4 is 15.4 Å². The third-order valence-corrected chi connectivity index (χ3v) is 4.93. The number of nitrogens with one attached hydrogen (secondary N) is 2. The third kappa shape index (κ3) is 8.02. The number of hydrogen-bond donors (Lipinski definition) is 2. The van der Waals surface area contributed by atoms with Crippen LogP contribution in [0.2, 0.25) is 0 Å². The van der Waals surface area contributed by atoms with Gasteiger partial charge in [0.15, 0.2) is 11.7 Å². The lowest BCUT2D eigenvalue weighted by molar-refractivity contribution is -0.140. The molecular formula is C21H22F3IN4OS. The van der Waals surface area contributed by atoms with Gasteiger partial charge < -0.3 is 15.4 Å². The van der Waals surface area contributed by atoms with Gasteiger partial charge in [-0.2, -0.15) is 13.2 Å². The molecule has 0 aliphatic heterocycles. The third-order valence-electron chi connectivity index (χ3n) is 4.08. The summed E-state index contributed by atoms with van der Waals surface area (Å²) >= 11 is 0.956. The van der Waals surface area contributed by atoms with E-state index in [9.17, 15) is 13.2 Å². The number of halogens is 4. The van der Waals surface area contributed by atoms with Crippen molar-refractivity contribution in [1.29, 1.82) is 0 Å². The molecule has 0 aliphatic rings. The zero-order valence-electron chi connectivity index (χ0n) is 16.6. The van der Waals surface area contributed by atoms with Crippen LogP contribution in [0.4, 0.5) is 13.2 Å². The van der Waals surface area contributed by atoms with Crippen LogP contribution in [0.3, 0.4) is 0 Å². The molecule has 1 heterocycles. The van der Waals surface area contributed by atoms with E-state index in [1.54, 1.807) is 7.05 Å². The van der Waals surface area contributed by atoms with E-state index < -0.39 is 11.9 Å². The first-order valence-electron chi connectivity index (χ1n) is 9.16. The second-order valence-electron chi connectivity index (χ2n) is 6.33. The Hall–Kier alpha value is -2.34. The molecule has 0 amide bonds. The number of hydrogen-bond acceptors (Lipinski definition) is 4. The Morgan fingerprint density at radius 1 is 1.03 bits per heavy atom. The normalized spacial score (nSPS) is 11.5. The van der Waals surface area contributed by atoms with Gasteiger partial charge in [-0.1, -0.05) is 42.5 Å². The van der Waals surface area contributed by atoms with Crippen LogP contribution in [0.5, 0.6) is 5.75 Å². The highest BCUT2D eigenvalue weighted by molar-refractivity contribution is 14.0. The standard InChI is InChI=1S/C21H21F3N4OS.HI/c1-25-20(27-12-19-28-18(14-30-19)21(22,23)24)26-11-16-8-5-9-17(10-16)29-13-15-6-3-2-4-7-15;/h2-10,14H,11-13H2,1H3,(H2,25,26,27);1H. The van der Waals surface area contributed by atoms with Crippen molar-refractivity contribution < 1.29 is 17.9 Å². The summed E-state index contributed by atoms with van der Waals surface area (Å²) in [4.78, 5) is 7.68. The fourth-order valence-corrected chi connectivity index (χ4v) is 3.31. The highest BCUT2D eigenvalue weighted by Gasteiger charge is 2.33. The molecule has 3 aromatic rings. The summed E-state index contributed by atoms with van der Waals surface area (Å²) in [5, 5.41) is 7.45. The van der Waals surface area contributed by atoms with Gasteiger partial charge in [-0.3, -0.25) is 4.99 Å². The van der Waals surface area contributed by atoms with Crippen LogP contribution in [-0.2, 0) is 25.9 Å². The molecule has 2 N–H and O–H groups in total. The van der Waals surface area contributed by atoms with Gasteiger partial charge in [0.2, 0.25) is 0 Å². The van der Waals surface area contributed by atoms with Crippen molar-refractivity contribution in [2.45, 2.75) is 25.9 Å². The Morgan fingerprint density at radius 3 is 2.42 bits per heavy atom. The van der Waals surface area contributed by atoms with E-state index >= 15 is 0 Å². The lowest BCUT2D eigenvalue weighted by atomic mass is 10.2. The molecule has 0 saturated heterocycles. The molecule has 1 aromatic heterocycles. The van der Waals surface area contributed by atoms with Crippen LogP contribution in [0.25, 0.3) is 0 Å². The van der Waals surface area contributed by atoms with Crippen LogP contribution >= 0.6 is 35.3 Å². The SMILES string of the molecule is CN=C(NCc1cccc(OCc2ccccc2)c1)NCc1nc(C(F)(F)F)cs1.I. The summed E-state index contributed by atoms with van der Waals surface area (Å²) in [7, 11) is 1.59. The number of nitrogens with zero attached hydrogens (tertiary/aromatic N) is 2. The predicted octanol–water partition coefficient (Wildman–Crippen LogP) is 5.22. The Kier molecular flexibility index (Phi) is 9.56. The predicted molar refractivity (Wildman–Crippen MR) is 127 cm³/mol. The van der Waals surface area contributed by atoms with Crippen LogP contribution in [0, 0.1) is 0 Å². The van der Waals surface area contributed by atoms with Crippen molar-refractivity contribution in [2.75, 3.05) is 7.05 Å². The first-order valence-corrected chi connectivity index (χ1v) is 10.0. The Morgan fingerprint density at radius 2 is 1.74 bits per heavy atom. The second kappa shape index (κ2) is 11.9. The Balaban J connectivity index is 0.00000341. The first kappa shape index (κ1) is 24.9. The molecule has 0 spiro atoms. The van der Waals surface area contributed by atoms with Crippen LogP contribution in [-0.4, -0.2) is 18.0 Å². The minimum Gasteiger partial charge on any atom is -0.489 e. The summed E-state index contributed by atoms with van der Waals surface area (Å²) in [6, 6.07) is 17.6. The number of benzene rings is 2. The smallest absolute Gasteiger partial charge is 0.434 e. The zero-order valence-corrected chi connectivity index (χ0v) is 19.8. The van der Waals surface area contributed by atoms with Gasteiger partial charge in [0.25, 0.3) is 0 Å². The molecule has 10 heteroatoms. The second-order valence-corrected chi connectivity index (χ2v) is 7.27. The van der Waals surface area contributed by atoms with Gasteiger partial charge in [-0.15, -0.1) is 35.3 Å². The zero-order chi connectivity index (χ0) is 21.4. The van der Waals surface area contributed by atoms with Gasteiger partial charge in [0, 0.05) is 19.0 Å². The molecule has 2 aromatic carbocycles. The maximum atomic E-state index is 12.6. The number of ether oxygens (including phenoxy) is 1. The van der Waals surface area contributed by atoms with Crippen molar-refractivity contribution in [2.24, 2.45) is 4.99 Å². The number of aromatic nitrogens is 1. The molecule has 0 aliphatic carbocycles. The maximum absolute atomic E-state index is 12.6. The van der Waals surface area contributed by atoms with Gasteiger partial charge in [-0.25, -0.2) is 4.98 Å². The average Bonchev–Trinajstić information content (AvgIpc) is 3.23. The average molecular weight is 562 g/mol. The van der Waals surface area contributed by atoms with E-state index in [1.807, 2.05) is 54.6 Å². The first-order chi connectivity index (χ1) is 14.4.